The van der Waals surface area contributed by atoms with Crippen molar-refractivity contribution in [1.29, 1.82) is 0 Å². The topological polar surface area (TPSA) is 88.1 Å². The van der Waals surface area contributed by atoms with Gasteiger partial charge in [0.2, 0.25) is 12.7 Å². The van der Waals surface area contributed by atoms with Crippen LogP contribution < -0.4 is 14.8 Å². The number of fused-ring (bicyclic) bond motifs is 1. The van der Waals surface area contributed by atoms with Crippen molar-refractivity contribution in [2.24, 2.45) is 0 Å². The molecule has 0 spiro atoms. The quantitative estimate of drug-likeness (QED) is 0.477. The molecular formula is C29H32N2O5. The number of nitrogens with zero attached hydrogens (tertiary/aromatic N) is 1. The number of aliphatic hydroxyl groups is 1. The van der Waals surface area contributed by atoms with E-state index in [1.165, 1.54) is 0 Å². The summed E-state index contributed by atoms with van der Waals surface area (Å²) in [5.41, 5.74) is 4.72. The first kappa shape index (κ1) is 23.9. The van der Waals surface area contributed by atoms with Gasteiger partial charge in [-0.25, -0.2) is 0 Å². The zero-order chi connectivity index (χ0) is 25.3. The monoisotopic (exact) mass is 488 g/mol. The molecule has 3 aromatic rings. The summed E-state index contributed by atoms with van der Waals surface area (Å²) in [6.07, 6.45) is 1.58. The summed E-state index contributed by atoms with van der Waals surface area (Å²) >= 11 is 0. The van der Waals surface area contributed by atoms with Crippen LogP contribution in [0.25, 0.3) is 11.1 Å². The zero-order valence-electron chi connectivity index (χ0n) is 20.5. The van der Waals surface area contributed by atoms with Gasteiger partial charge in [0.25, 0.3) is 5.91 Å². The van der Waals surface area contributed by atoms with Crippen molar-refractivity contribution >= 4 is 17.5 Å². The highest BCUT2D eigenvalue weighted by molar-refractivity contribution is 6.02. The molecule has 0 unspecified atom stereocenters. The zero-order valence-corrected chi connectivity index (χ0v) is 20.5. The van der Waals surface area contributed by atoms with E-state index in [-0.39, 0.29) is 26.6 Å². The van der Waals surface area contributed by atoms with Gasteiger partial charge in [0, 0.05) is 25.8 Å². The number of aliphatic hydroxyl groups excluding tert-OH is 1. The maximum atomic E-state index is 13.4. The lowest BCUT2D eigenvalue weighted by atomic mass is 9.94. The van der Waals surface area contributed by atoms with Gasteiger partial charge in [-0.2, -0.15) is 0 Å². The van der Waals surface area contributed by atoms with Gasteiger partial charge in [-0.15, -0.1) is 0 Å². The molecule has 1 saturated carbocycles. The summed E-state index contributed by atoms with van der Waals surface area (Å²) in [7, 11) is 0. The smallest absolute Gasteiger partial charge is 0.253 e. The normalized spacial score (nSPS) is 14.9. The number of carbonyl (C=O) groups excluding carboxylic acids is 2. The summed E-state index contributed by atoms with van der Waals surface area (Å²) in [5, 5.41) is 12.3. The SMILES string of the molecule is CCN(CCO)C(=O)c1ccc(-c2cc(NC(=O)C3(c4ccc5c(c4)OCO5)CC3)ccc2C)cc1.[HH]. The Bertz CT molecular complexity index is 1300. The van der Waals surface area contributed by atoms with Crippen molar-refractivity contribution < 1.29 is 25.6 Å². The van der Waals surface area contributed by atoms with Crippen LogP contribution in [-0.4, -0.2) is 48.3 Å². The molecule has 1 aliphatic heterocycles. The average molecular weight is 489 g/mol. The summed E-state index contributed by atoms with van der Waals surface area (Å²) in [6, 6.07) is 19.1. The molecule has 1 heterocycles. The van der Waals surface area contributed by atoms with Crippen LogP contribution in [0.4, 0.5) is 5.69 Å². The molecule has 188 valence electrons. The maximum absolute atomic E-state index is 13.4. The highest BCUT2D eigenvalue weighted by Gasteiger charge is 2.51. The second kappa shape index (κ2) is 9.66. The van der Waals surface area contributed by atoms with Crippen molar-refractivity contribution in [3.63, 3.8) is 0 Å². The Morgan fingerprint density at radius 2 is 1.78 bits per heavy atom. The van der Waals surface area contributed by atoms with Gasteiger partial charge in [-0.3, -0.25) is 9.59 Å². The third-order valence-electron chi connectivity index (χ3n) is 7.09. The number of likely N-dealkylation sites (N-methyl/N-ethyl adjacent to an activating group) is 1. The Hall–Kier alpha value is -3.84. The molecule has 5 rings (SSSR count). The highest BCUT2D eigenvalue weighted by atomic mass is 16.7. The number of aryl methyl sites for hydroxylation is 1. The number of hydrogen-bond donors (Lipinski definition) is 2. The number of anilines is 1. The first-order valence-corrected chi connectivity index (χ1v) is 12.3. The van der Waals surface area contributed by atoms with Gasteiger partial charge in [-0.05, 0) is 85.3 Å². The molecule has 2 N–H and O–H groups in total. The fourth-order valence-electron chi connectivity index (χ4n) is 4.73. The second-order valence-corrected chi connectivity index (χ2v) is 9.32. The lowest BCUT2D eigenvalue weighted by Crippen LogP contribution is -2.33. The number of amides is 2. The molecule has 3 aromatic carbocycles. The average Bonchev–Trinajstić information content (AvgIpc) is 3.58. The summed E-state index contributed by atoms with van der Waals surface area (Å²) in [4.78, 5) is 27.7. The van der Waals surface area contributed by atoms with Crippen molar-refractivity contribution in [3.8, 4) is 22.6 Å². The third kappa shape index (κ3) is 4.42. The second-order valence-electron chi connectivity index (χ2n) is 9.32. The number of carbonyl (C=O) groups is 2. The third-order valence-corrected chi connectivity index (χ3v) is 7.09. The highest BCUT2D eigenvalue weighted by Crippen LogP contribution is 2.51. The number of benzene rings is 3. The molecule has 0 aromatic heterocycles. The molecule has 0 atom stereocenters. The van der Waals surface area contributed by atoms with Gasteiger partial charge in [0.05, 0.1) is 12.0 Å². The first-order valence-electron chi connectivity index (χ1n) is 12.3. The van der Waals surface area contributed by atoms with Gasteiger partial charge >= 0.3 is 0 Å². The molecule has 1 aliphatic carbocycles. The summed E-state index contributed by atoms with van der Waals surface area (Å²) in [5.74, 6) is 1.26. The molecule has 7 heteroatoms. The molecule has 1 fully saturated rings. The number of ether oxygens (including phenoxy) is 2. The van der Waals surface area contributed by atoms with Crippen molar-refractivity contribution in [2.75, 3.05) is 31.8 Å². The van der Waals surface area contributed by atoms with E-state index in [1.807, 2.05) is 62.4 Å². The van der Waals surface area contributed by atoms with Crippen LogP contribution in [0.2, 0.25) is 0 Å². The Labute approximate surface area is 212 Å². The standard InChI is InChI=1S/C29H30N2O5.H2/c1-3-31(14-15-32)27(33)21-7-5-20(6-8-21)24-17-23(10-4-19(24)2)30-28(34)29(12-13-29)22-9-11-25-26(16-22)36-18-35-25;/h4-11,16-17,32H,3,12-15,18H2,1-2H3,(H,30,34);1H. The van der Waals surface area contributed by atoms with E-state index in [9.17, 15) is 14.7 Å². The predicted octanol–water partition coefficient (Wildman–Crippen LogP) is 4.76. The van der Waals surface area contributed by atoms with Crippen molar-refractivity contribution in [3.05, 3.63) is 77.4 Å². The molecular weight excluding hydrogens is 456 g/mol. The predicted molar refractivity (Wildman–Crippen MR) is 139 cm³/mol. The number of rotatable bonds is 8. The molecule has 0 saturated heterocycles. The minimum atomic E-state index is -0.548. The van der Waals surface area contributed by atoms with E-state index >= 15 is 0 Å². The van der Waals surface area contributed by atoms with Crippen molar-refractivity contribution in [1.82, 2.24) is 4.90 Å². The molecule has 0 bridgehead atoms. The van der Waals surface area contributed by atoms with Crippen LogP contribution in [0.3, 0.4) is 0 Å². The van der Waals surface area contributed by atoms with Gasteiger partial charge in [0.15, 0.2) is 11.5 Å². The van der Waals surface area contributed by atoms with E-state index in [0.29, 0.717) is 30.2 Å². The molecule has 0 radical (unpaired) electrons. The maximum Gasteiger partial charge on any atom is 0.253 e. The minimum Gasteiger partial charge on any atom is -0.454 e. The fourth-order valence-corrected chi connectivity index (χ4v) is 4.73. The van der Waals surface area contributed by atoms with Gasteiger partial charge < -0.3 is 24.8 Å². The Kier molecular flexibility index (Phi) is 6.41. The Morgan fingerprint density at radius 1 is 1.03 bits per heavy atom. The van der Waals surface area contributed by atoms with E-state index in [0.717, 1.165) is 40.8 Å². The van der Waals surface area contributed by atoms with E-state index < -0.39 is 5.41 Å². The number of nitrogens with one attached hydrogen (secondary N) is 1. The van der Waals surface area contributed by atoms with E-state index in [4.69, 9.17) is 9.47 Å². The largest absolute Gasteiger partial charge is 0.454 e. The summed E-state index contributed by atoms with van der Waals surface area (Å²) < 4.78 is 10.9. The minimum absolute atomic E-state index is 0. The van der Waals surface area contributed by atoms with Gasteiger partial charge in [-0.1, -0.05) is 24.3 Å². The van der Waals surface area contributed by atoms with Crippen LogP contribution in [0.1, 0.15) is 42.7 Å². The Morgan fingerprint density at radius 3 is 2.47 bits per heavy atom. The van der Waals surface area contributed by atoms with Crippen LogP contribution in [0.5, 0.6) is 11.5 Å². The Balaban J connectivity index is 0.00000320. The molecule has 36 heavy (non-hydrogen) atoms. The van der Waals surface area contributed by atoms with Crippen molar-refractivity contribution in [2.45, 2.75) is 32.1 Å². The van der Waals surface area contributed by atoms with Crippen LogP contribution in [0.15, 0.2) is 60.7 Å². The lowest BCUT2D eigenvalue weighted by Gasteiger charge is -2.20. The van der Waals surface area contributed by atoms with E-state index in [2.05, 4.69) is 5.32 Å². The van der Waals surface area contributed by atoms with Crippen LogP contribution in [-0.2, 0) is 10.2 Å². The van der Waals surface area contributed by atoms with Crippen LogP contribution >= 0.6 is 0 Å². The van der Waals surface area contributed by atoms with E-state index in [1.54, 1.807) is 17.0 Å². The lowest BCUT2D eigenvalue weighted by molar-refractivity contribution is -0.118. The fraction of sp³-hybridized carbons (Fsp3) is 0.310. The summed E-state index contributed by atoms with van der Waals surface area (Å²) in [6.45, 7) is 4.91. The number of hydrogen-bond acceptors (Lipinski definition) is 5. The molecule has 2 amide bonds. The van der Waals surface area contributed by atoms with Crippen LogP contribution in [0, 0.1) is 6.92 Å². The molecule has 7 nitrogen and oxygen atoms in total. The van der Waals surface area contributed by atoms with Gasteiger partial charge in [0.1, 0.15) is 0 Å². The first-order chi connectivity index (χ1) is 17.4. The molecule has 2 aliphatic rings.